The smallest absolute Gasteiger partial charge is 0.183 e. The van der Waals surface area contributed by atoms with Gasteiger partial charge in [-0.25, -0.2) is 4.68 Å². The van der Waals surface area contributed by atoms with Gasteiger partial charge in [-0.15, -0.1) is 5.10 Å². The average Bonchev–Trinajstić information content (AvgIpc) is 3.04. The van der Waals surface area contributed by atoms with E-state index in [-0.39, 0.29) is 11.9 Å². The monoisotopic (exact) mass is 285 g/mol. The van der Waals surface area contributed by atoms with Gasteiger partial charge in [-0.05, 0) is 37.8 Å². The first-order chi connectivity index (χ1) is 10.3. The summed E-state index contributed by atoms with van der Waals surface area (Å²) in [7, 11) is 0. The Morgan fingerprint density at radius 1 is 1.29 bits per heavy atom. The van der Waals surface area contributed by atoms with E-state index in [1.54, 1.807) is 4.68 Å². The number of benzene rings is 1. The predicted molar refractivity (Wildman–Crippen MR) is 78.5 cm³/mol. The van der Waals surface area contributed by atoms with Crippen molar-refractivity contribution in [1.29, 1.82) is 0 Å². The van der Waals surface area contributed by atoms with Gasteiger partial charge >= 0.3 is 0 Å². The number of rotatable bonds is 5. The number of para-hydroxylation sites is 1. The molecule has 1 aliphatic heterocycles. The van der Waals surface area contributed by atoms with Gasteiger partial charge in [0.25, 0.3) is 0 Å². The van der Waals surface area contributed by atoms with Crippen LogP contribution < -0.4 is 0 Å². The molecule has 0 aliphatic carbocycles. The Labute approximate surface area is 123 Å². The van der Waals surface area contributed by atoms with Crippen molar-refractivity contribution in [1.82, 2.24) is 15.0 Å². The summed E-state index contributed by atoms with van der Waals surface area (Å²) in [4.78, 5) is 12.4. The van der Waals surface area contributed by atoms with E-state index < -0.39 is 0 Å². The number of Topliss-reactive ketones (excluding diaryl/α,β-unsaturated/α-hetero) is 1. The molecule has 1 fully saturated rings. The van der Waals surface area contributed by atoms with E-state index in [9.17, 15) is 4.79 Å². The maximum atomic E-state index is 12.4. The van der Waals surface area contributed by atoms with Crippen molar-refractivity contribution < 1.29 is 9.53 Å². The molecule has 1 saturated heterocycles. The molecular weight excluding hydrogens is 266 g/mol. The fraction of sp³-hybridized carbons (Fsp3) is 0.438. The number of aromatic nitrogens is 3. The maximum Gasteiger partial charge on any atom is 0.183 e. The maximum absolute atomic E-state index is 12.4. The van der Waals surface area contributed by atoms with Crippen LogP contribution in [0.4, 0.5) is 0 Å². The van der Waals surface area contributed by atoms with Crippen LogP contribution in [-0.2, 0) is 4.74 Å². The predicted octanol–water partition coefficient (Wildman–Crippen LogP) is 2.80. The van der Waals surface area contributed by atoms with Gasteiger partial charge in [0, 0.05) is 13.0 Å². The lowest BCUT2D eigenvalue weighted by atomic mass is 10.0. The van der Waals surface area contributed by atoms with Crippen LogP contribution in [0.5, 0.6) is 0 Å². The molecule has 0 bridgehead atoms. The molecule has 5 heteroatoms. The lowest BCUT2D eigenvalue weighted by Gasteiger charge is -2.22. The lowest BCUT2D eigenvalue weighted by molar-refractivity contribution is 0.0104. The number of ketones is 1. The van der Waals surface area contributed by atoms with Crippen molar-refractivity contribution >= 4 is 5.78 Å². The third-order valence-electron chi connectivity index (χ3n) is 3.80. The summed E-state index contributed by atoms with van der Waals surface area (Å²) in [6.07, 6.45) is 6.41. The first-order valence-corrected chi connectivity index (χ1v) is 7.45. The van der Waals surface area contributed by atoms with Crippen LogP contribution >= 0.6 is 0 Å². The number of hydrogen-bond acceptors (Lipinski definition) is 4. The van der Waals surface area contributed by atoms with Crippen LogP contribution in [0.3, 0.4) is 0 Å². The molecule has 21 heavy (non-hydrogen) atoms. The quantitative estimate of drug-likeness (QED) is 0.793. The second-order valence-electron chi connectivity index (χ2n) is 5.32. The summed E-state index contributed by atoms with van der Waals surface area (Å²) >= 11 is 0. The molecule has 2 heterocycles. The van der Waals surface area contributed by atoms with E-state index in [0.29, 0.717) is 12.1 Å². The van der Waals surface area contributed by atoms with Crippen molar-refractivity contribution in [3.8, 4) is 5.69 Å². The molecule has 1 atom stereocenters. The number of carbonyl (C=O) groups excluding carboxylic acids is 1. The third-order valence-corrected chi connectivity index (χ3v) is 3.80. The molecule has 1 aromatic carbocycles. The number of ether oxygens (including phenoxy) is 1. The lowest BCUT2D eigenvalue weighted by Crippen LogP contribution is -2.20. The molecule has 2 aromatic rings. The summed E-state index contributed by atoms with van der Waals surface area (Å²) in [6.45, 7) is 0.822. The van der Waals surface area contributed by atoms with Crippen molar-refractivity contribution in [3.63, 3.8) is 0 Å². The minimum Gasteiger partial charge on any atom is -0.378 e. The van der Waals surface area contributed by atoms with Crippen LogP contribution in [0.25, 0.3) is 5.69 Å². The minimum absolute atomic E-state index is 0.0676. The Hall–Kier alpha value is -2.01. The van der Waals surface area contributed by atoms with E-state index in [1.165, 1.54) is 12.6 Å². The molecule has 0 spiro atoms. The zero-order chi connectivity index (χ0) is 14.5. The second-order valence-corrected chi connectivity index (χ2v) is 5.32. The van der Waals surface area contributed by atoms with Crippen LogP contribution in [0, 0.1) is 0 Å². The average molecular weight is 285 g/mol. The summed E-state index contributed by atoms with van der Waals surface area (Å²) in [5.41, 5.74) is 1.39. The van der Waals surface area contributed by atoms with Gasteiger partial charge in [-0.3, -0.25) is 4.79 Å². The van der Waals surface area contributed by atoms with Crippen LogP contribution in [0.15, 0.2) is 36.5 Å². The largest absolute Gasteiger partial charge is 0.378 e. The van der Waals surface area contributed by atoms with Gasteiger partial charge in [0.15, 0.2) is 5.78 Å². The van der Waals surface area contributed by atoms with Crippen molar-refractivity contribution in [3.05, 3.63) is 42.2 Å². The summed E-state index contributed by atoms with van der Waals surface area (Å²) in [6, 6.07) is 9.59. The van der Waals surface area contributed by atoms with Gasteiger partial charge in [-0.1, -0.05) is 23.4 Å². The van der Waals surface area contributed by atoms with E-state index in [2.05, 4.69) is 10.3 Å². The van der Waals surface area contributed by atoms with Crippen molar-refractivity contribution in [2.24, 2.45) is 0 Å². The number of hydrogen-bond donors (Lipinski definition) is 0. The van der Waals surface area contributed by atoms with E-state index in [0.717, 1.165) is 31.6 Å². The molecule has 0 saturated carbocycles. The fourth-order valence-corrected chi connectivity index (χ4v) is 2.64. The molecule has 1 aromatic heterocycles. The molecule has 0 N–H and O–H groups in total. The minimum atomic E-state index is 0.0676. The summed E-state index contributed by atoms with van der Waals surface area (Å²) in [5, 5.41) is 7.89. The van der Waals surface area contributed by atoms with E-state index in [1.807, 2.05) is 30.3 Å². The zero-order valence-corrected chi connectivity index (χ0v) is 11.9. The number of carbonyl (C=O) groups is 1. The van der Waals surface area contributed by atoms with E-state index in [4.69, 9.17) is 4.74 Å². The highest BCUT2D eigenvalue weighted by molar-refractivity contribution is 5.94. The molecule has 110 valence electrons. The first kappa shape index (κ1) is 13.9. The van der Waals surface area contributed by atoms with Gasteiger partial charge in [-0.2, -0.15) is 0 Å². The normalized spacial score (nSPS) is 18.6. The zero-order valence-electron chi connectivity index (χ0n) is 11.9. The molecule has 0 amide bonds. The Kier molecular flexibility index (Phi) is 4.40. The number of nitrogens with zero attached hydrogens (tertiary/aromatic N) is 3. The van der Waals surface area contributed by atoms with Gasteiger partial charge < -0.3 is 4.74 Å². The highest BCUT2D eigenvalue weighted by Crippen LogP contribution is 2.19. The highest BCUT2D eigenvalue weighted by Gasteiger charge is 2.19. The Bertz CT molecular complexity index is 589. The summed E-state index contributed by atoms with van der Waals surface area (Å²) in [5.74, 6) is 0.0676. The molecule has 0 radical (unpaired) electrons. The SMILES string of the molecule is O=C(CCC1CCCCO1)c1cnnn1-c1ccccc1. The topological polar surface area (TPSA) is 57.0 Å². The second kappa shape index (κ2) is 6.63. The van der Waals surface area contributed by atoms with Crippen LogP contribution in [0.1, 0.15) is 42.6 Å². The Morgan fingerprint density at radius 3 is 2.90 bits per heavy atom. The van der Waals surface area contributed by atoms with Crippen LogP contribution in [0.2, 0.25) is 0 Å². The molecule has 3 rings (SSSR count). The molecule has 1 aliphatic rings. The Morgan fingerprint density at radius 2 is 2.14 bits per heavy atom. The van der Waals surface area contributed by atoms with E-state index >= 15 is 0 Å². The Balaban J connectivity index is 1.66. The standard InChI is InChI=1S/C16H19N3O2/c20-16(10-9-14-8-4-5-11-21-14)15-12-17-18-19(15)13-6-2-1-3-7-13/h1-3,6-7,12,14H,4-5,8-11H2. The molecule has 1 unspecified atom stereocenters. The third kappa shape index (κ3) is 3.36. The molecule has 5 nitrogen and oxygen atoms in total. The van der Waals surface area contributed by atoms with Crippen molar-refractivity contribution in [2.45, 2.75) is 38.2 Å². The van der Waals surface area contributed by atoms with Gasteiger partial charge in [0.1, 0.15) is 5.69 Å². The summed E-state index contributed by atoms with van der Waals surface area (Å²) < 4.78 is 7.27. The van der Waals surface area contributed by atoms with Gasteiger partial charge in [0.05, 0.1) is 18.0 Å². The van der Waals surface area contributed by atoms with Gasteiger partial charge in [0.2, 0.25) is 0 Å². The fourth-order valence-electron chi connectivity index (χ4n) is 2.64. The molecular formula is C16H19N3O2. The highest BCUT2D eigenvalue weighted by atomic mass is 16.5. The van der Waals surface area contributed by atoms with Crippen LogP contribution in [-0.4, -0.2) is 33.5 Å². The first-order valence-electron chi connectivity index (χ1n) is 7.45. The van der Waals surface area contributed by atoms with Crippen molar-refractivity contribution in [2.75, 3.05) is 6.61 Å².